The molecule has 0 aromatic heterocycles. The number of nitriles is 1. The van der Waals surface area contributed by atoms with E-state index in [2.05, 4.69) is 6.07 Å². The summed E-state index contributed by atoms with van der Waals surface area (Å²) >= 11 is 6.09. The van der Waals surface area contributed by atoms with Crippen LogP contribution in [0.25, 0.3) is 0 Å². The van der Waals surface area contributed by atoms with Gasteiger partial charge in [0.1, 0.15) is 0 Å². The van der Waals surface area contributed by atoms with E-state index in [1.54, 1.807) is 13.2 Å². The Morgan fingerprint density at radius 1 is 1.47 bits per heavy atom. The Morgan fingerprint density at radius 3 is 2.82 bits per heavy atom. The van der Waals surface area contributed by atoms with Gasteiger partial charge in [0.2, 0.25) is 0 Å². The second-order valence-electron chi connectivity index (χ2n) is 4.20. The van der Waals surface area contributed by atoms with Gasteiger partial charge in [-0.1, -0.05) is 11.6 Å². The average molecular weight is 252 g/mol. The maximum atomic E-state index is 8.69. The summed E-state index contributed by atoms with van der Waals surface area (Å²) in [6, 6.07) is 5.67. The lowest BCUT2D eigenvalue weighted by molar-refractivity contribution is 0.280. The van der Waals surface area contributed by atoms with Crippen LogP contribution in [0.4, 0.5) is 0 Å². The van der Waals surface area contributed by atoms with Crippen LogP contribution in [0, 0.1) is 17.2 Å². The van der Waals surface area contributed by atoms with E-state index >= 15 is 0 Å². The van der Waals surface area contributed by atoms with Crippen molar-refractivity contribution in [3.05, 3.63) is 22.7 Å². The smallest absolute Gasteiger partial charge is 0.179 e. The number of hydrogen-bond acceptors (Lipinski definition) is 3. The number of nitrogens with zero attached hydrogens (tertiary/aromatic N) is 1. The van der Waals surface area contributed by atoms with Crippen LogP contribution in [0.2, 0.25) is 5.02 Å². The Hall–Kier alpha value is -1.40. The van der Waals surface area contributed by atoms with Crippen LogP contribution in [0.15, 0.2) is 12.1 Å². The topological polar surface area (TPSA) is 42.2 Å². The Balaban J connectivity index is 2.21. The van der Waals surface area contributed by atoms with Crippen molar-refractivity contribution in [2.75, 3.05) is 13.7 Å². The highest BCUT2D eigenvalue weighted by Crippen LogP contribution is 2.38. The average Bonchev–Trinajstić information content (AvgIpc) is 3.10. The van der Waals surface area contributed by atoms with Crippen LogP contribution in [0.5, 0.6) is 11.5 Å². The van der Waals surface area contributed by atoms with Gasteiger partial charge in [-0.25, -0.2) is 0 Å². The second kappa shape index (κ2) is 5.29. The van der Waals surface area contributed by atoms with Crippen LogP contribution in [0.1, 0.15) is 18.4 Å². The summed E-state index contributed by atoms with van der Waals surface area (Å²) < 4.78 is 10.9. The minimum atomic E-state index is 0.323. The summed E-state index contributed by atoms with van der Waals surface area (Å²) in [6.07, 6.45) is 2.78. The van der Waals surface area contributed by atoms with E-state index in [9.17, 15) is 0 Å². The molecule has 0 aliphatic heterocycles. The summed E-state index contributed by atoms with van der Waals surface area (Å²) in [5.74, 6) is 1.85. The molecule has 0 heterocycles. The third-order valence-electron chi connectivity index (χ3n) is 2.73. The largest absolute Gasteiger partial charge is 0.491 e. The summed E-state index contributed by atoms with van der Waals surface area (Å²) in [7, 11) is 1.56. The second-order valence-corrected chi connectivity index (χ2v) is 4.61. The Bertz CT molecular complexity index is 449. The Kier molecular flexibility index (Phi) is 3.75. The molecule has 4 heteroatoms. The molecule has 17 heavy (non-hydrogen) atoms. The van der Waals surface area contributed by atoms with Crippen molar-refractivity contribution in [1.82, 2.24) is 0 Å². The molecule has 0 atom stereocenters. The van der Waals surface area contributed by atoms with Gasteiger partial charge in [-0.3, -0.25) is 0 Å². The molecule has 1 aromatic rings. The van der Waals surface area contributed by atoms with Crippen molar-refractivity contribution in [2.45, 2.75) is 19.3 Å². The summed E-state index contributed by atoms with van der Waals surface area (Å²) in [5, 5.41) is 9.18. The van der Waals surface area contributed by atoms with E-state index in [1.165, 1.54) is 12.8 Å². The first-order valence-corrected chi connectivity index (χ1v) is 5.98. The van der Waals surface area contributed by atoms with E-state index in [1.807, 2.05) is 6.07 Å². The Morgan fingerprint density at radius 2 is 2.24 bits per heavy atom. The summed E-state index contributed by atoms with van der Waals surface area (Å²) in [6.45, 7) is 0.697. The fourth-order valence-corrected chi connectivity index (χ4v) is 1.92. The molecule has 0 saturated heterocycles. The lowest BCUT2D eigenvalue weighted by Crippen LogP contribution is -2.02. The first-order chi connectivity index (χ1) is 8.24. The first kappa shape index (κ1) is 12.1. The maximum absolute atomic E-state index is 8.69. The van der Waals surface area contributed by atoms with Crippen LogP contribution in [0.3, 0.4) is 0 Å². The molecular weight excluding hydrogens is 238 g/mol. The number of halogens is 1. The highest BCUT2D eigenvalue weighted by Gasteiger charge is 2.23. The third-order valence-corrected chi connectivity index (χ3v) is 3.01. The van der Waals surface area contributed by atoms with Crippen molar-refractivity contribution in [3.63, 3.8) is 0 Å². The molecule has 0 unspecified atom stereocenters. The van der Waals surface area contributed by atoms with Crippen molar-refractivity contribution in [2.24, 2.45) is 5.92 Å². The molecule has 0 amide bonds. The van der Waals surface area contributed by atoms with E-state index in [4.69, 9.17) is 26.3 Å². The van der Waals surface area contributed by atoms with Gasteiger partial charge >= 0.3 is 0 Å². The number of ether oxygens (including phenoxy) is 2. The van der Waals surface area contributed by atoms with Crippen molar-refractivity contribution >= 4 is 11.6 Å². The lowest BCUT2D eigenvalue weighted by Gasteiger charge is -2.13. The maximum Gasteiger partial charge on any atom is 0.179 e. The van der Waals surface area contributed by atoms with Crippen molar-refractivity contribution < 1.29 is 9.47 Å². The van der Waals surface area contributed by atoms with Crippen LogP contribution >= 0.6 is 11.6 Å². The fourth-order valence-electron chi connectivity index (χ4n) is 1.61. The molecule has 1 aliphatic rings. The van der Waals surface area contributed by atoms with E-state index in [0.29, 0.717) is 35.5 Å². The zero-order chi connectivity index (χ0) is 12.3. The van der Waals surface area contributed by atoms with Gasteiger partial charge < -0.3 is 9.47 Å². The van der Waals surface area contributed by atoms with Gasteiger partial charge in [0.05, 0.1) is 31.2 Å². The van der Waals surface area contributed by atoms with Gasteiger partial charge in [0, 0.05) is 0 Å². The van der Waals surface area contributed by atoms with Crippen LogP contribution in [-0.4, -0.2) is 13.7 Å². The molecule has 1 fully saturated rings. The van der Waals surface area contributed by atoms with E-state index in [-0.39, 0.29) is 0 Å². The quantitative estimate of drug-likeness (QED) is 0.807. The molecular formula is C13H14ClNO2. The lowest BCUT2D eigenvalue weighted by atomic mass is 10.1. The number of hydrogen-bond donors (Lipinski definition) is 0. The molecule has 90 valence electrons. The predicted molar refractivity (Wildman–Crippen MR) is 65.5 cm³/mol. The van der Waals surface area contributed by atoms with Gasteiger partial charge in [-0.05, 0) is 36.5 Å². The summed E-state index contributed by atoms with van der Waals surface area (Å²) in [4.78, 5) is 0. The molecule has 0 spiro atoms. The van der Waals surface area contributed by atoms with Gasteiger partial charge in [0.15, 0.2) is 11.5 Å². The Labute approximate surface area is 106 Å². The molecule has 0 N–H and O–H groups in total. The van der Waals surface area contributed by atoms with Gasteiger partial charge in [0.25, 0.3) is 0 Å². The molecule has 1 aliphatic carbocycles. The van der Waals surface area contributed by atoms with E-state index < -0.39 is 0 Å². The van der Waals surface area contributed by atoms with Gasteiger partial charge in [-0.2, -0.15) is 5.26 Å². The first-order valence-electron chi connectivity index (χ1n) is 5.60. The SMILES string of the molecule is COc1c(Cl)cc(CC#N)cc1OCC1CC1. The minimum Gasteiger partial charge on any atom is -0.491 e. The van der Waals surface area contributed by atoms with Gasteiger partial charge in [-0.15, -0.1) is 0 Å². The third kappa shape index (κ3) is 3.04. The standard InChI is InChI=1S/C13H14ClNO2/c1-16-13-11(14)6-10(4-5-15)7-12(13)17-8-9-2-3-9/h6-7,9H,2-4,8H2,1H3. The zero-order valence-electron chi connectivity index (χ0n) is 9.70. The van der Waals surface area contributed by atoms with Crippen LogP contribution in [-0.2, 0) is 6.42 Å². The minimum absolute atomic E-state index is 0.323. The molecule has 1 saturated carbocycles. The van der Waals surface area contributed by atoms with Crippen molar-refractivity contribution in [3.8, 4) is 17.6 Å². The predicted octanol–water partition coefficient (Wildman–Crippen LogP) is 3.20. The zero-order valence-corrected chi connectivity index (χ0v) is 10.5. The number of rotatable bonds is 5. The highest BCUT2D eigenvalue weighted by atomic mass is 35.5. The molecule has 1 aromatic carbocycles. The molecule has 2 rings (SSSR count). The van der Waals surface area contributed by atoms with Crippen molar-refractivity contribution in [1.29, 1.82) is 5.26 Å². The fraction of sp³-hybridized carbons (Fsp3) is 0.462. The number of methoxy groups -OCH3 is 1. The monoisotopic (exact) mass is 251 g/mol. The molecule has 0 radical (unpaired) electrons. The van der Waals surface area contributed by atoms with E-state index in [0.717, 1.165) is 5.56 Å². The summed E-state index contributed by atoms with van der Waals surface area (Å²) in [5.41, 5.74) is 0.851. The number of benzene rings is 1. The normalized spacial score (nSPS) is 14.2. The van der Waals surface area contributed by atoms with Crippen LogP contribution < -0.4 is 9.47 Å². The highest BCUT2D eigenvalue weighted by molar-refractivity contribution is 6.32. The molecule has 0 bridgehead atoms. The molecule has 3 nitrogen and oxygen atoms in total.